The minimum absolute atomic E-state index is 0. The fraction of sp³-hybridized carbons (Fsp3) is 0.120. The molecule has 4 N–H and O–H groups in total. The van der Waals surface area contributed by atoms with Gasteiger partial charge in [0.1, 0.15) is 16.5 Å². The summed E-state index contributed by atoms with van der Waals surface area (Å²) in [6.07, 6.45) is 0. The molecule has 207 valence electrons. The molecular weight excluding hydrogens is 716 g/mol. The first-order valence-corrected chi connectivity index (χ1v) is 19.4. The molecule has 0 atom stereocenters. The second-order valence-corrected chi connectivity index (χ2v) is 14.1. The standard InChI is InChI=1S/C12H9N3O2S.C12H11N3S.CH4.B.3ClH.Sn/c1-8-7-10(13-2)12(18-8)14-9-5-3-4-6-11(9)15(16)17;1-7-6-8-11(13)14-9-4-2-3-5-10(9)15-12(8)16-7;;;;;;/h3-7,14H,1H3;2-6,15H,1H3,(H2,13,14);1H4;;3*1H;/q;;;;;;;+2/p-2. The Hall–Kier alpha value is -2.47. The molecule has 15 heteroatoms. The van der Waals surface area contributed by atoms with E-state index in [9.17, 15) is 10.1 Å². The molecule has 0 spiro atoms. The summed E-state index contributed by atoms with van der Waals surface area (Å²) in [4.78, 5) is 20.5. The van der Waals surface area contributed by atoms with Crippen molar-refractivity contribution in [3.63, 3.8) is 0 Å². The van der Waals surface area contributed by atoms with Gasteiger partial charge < -0.3 is 16.4 Å². The number of nitro benzene ring substituents is 1. The van der Waals surface area contributed by atoms with Crippen LogP contribution in [-0.2, 0) is 0 Å². The first kappa shape index (κ1) is 37.5. The molecule has 1 aliphatic rings. The average Bonchev–Trinajstić information content (AvgIpc) is 3.38. The van der Waals surface area contributed by atoms with Crippen LogP contribution >= 0.6 is 52.9 Å². The topological polar surface area (TPSA) is 110 Å². The molecule has 0 bridgehead atoms. The third-order valence-electron chi connectivity index (χ3n) is 4.83. The van der Waals surface area contributed by atoms with Gasteiger partial charge >= 0.3 is 36.7 Å². The Bertz CT molecular complexity index is 1490. The van der Waals surface area contributed by atoms with E-state index in [1.54, 1.807) is 35.6 Å². The predicted molar refractivity (Wildman–Crippen MR) is 178 cm³/mol. The van der Waals surface area contributed by atoms with E-state index in [0.717, 1.165) is 26.8 Å². The summed E-state index contributed by atoms with van der Waals surface area (Å²) in [5, 5.41) is 18.9. The number of aryl methyl sites for hydroxylation is 2. The Morgan fingerprint density at radius 1 is 1.10 bits per heavy atom. The van der Waals surface area contributed by atoms with Crippen LogP contribution in [0.5, 0.6) is 0 Å². The van der Waals surface area contributed by atoms with Crippen molar-refractivity contribution in [2.75, 3.05) is 10.6 Å². The Morgan fingerprint density at radius 2 is 1.70 bits per heavy atom. The van der Waals surface area contributed by atoms with Crippen molar-refractivity contribution >= 4 is 124 Å². The number of aliphatic imine (C=N–C) groups is 1. The van der Waals surface area contributed by atoms with E-state index in [4.69, 9.17) is 30.1 Å². The van der Waals surface area contributed by atoms with Crippen LogP contribution < -0.4 is 16.4 Å². The number of nitro groups is 1. The van der Waals surface area contributed by atoms with Crippen molar-refractivity contribution in [1.29, 1.82) is 0 Å². The number of anilines is 4. The summed E-state index contributed by atoms with van der Waals surface area (Å²) in [6, 6.07) is 18.1. The van der Waals surface area contributed by atoms with Gasteiger partial charge in [-0.1, -0.05) is 31.7 Å². The number of rotatable bonds is 3. The van der Waals surface area contributed by atoms with Gasteiger partial charge in [0, 0.05) is 19.4 Å². The van der Waals surface area contributed by atoms with Gasteiger partial charge in [-0.05, 0) is 49.1 Å². The molecule has 0 aliphatic carbocycles. The van der Waals surface area contributed by atoms with Crippen LogP contribution in [0.25, 0.3) is 4.85 Å². The SMILES string of the molecule is C.Cc1cc2c(s1)Nc1ccccc1N=C2N.Cl.[B].[C-]#[N+]c1cc(C)sc1Nc1ccccc1[N+](=O)[O-].[Cl][Sn][Cl]. The van der Waals surface area contributed by atoms with Gasteiger partial charge in [-0.25, -0.2) is 9.84 Å². The number of amidine groups is 1. The molecule has 1 aliphatic heterocycles. The molecule has 0 saturated heterocycles. The predicted octanol–water partition coefficient (Wildman–Crippen LogP) is 9.08. The molecule has 0 saturated carbocycles. The summed E-state index contributed by atoms with van der Waals surface area (Å²) in [6.45, 7) is 11.0. The van der Waals surface area contributed by atoms with Crippen LogP contribution in [0, 0.1) is 30.5 Å². The first-order valence-electron chi connectivity index (χ1n) is 10.5. The van der Waals surface area contributed by atoms with E-state index >= 15 is 0 Å². The Balaban J connectivity index is 0.000000650. The molecule has 0 fully saturated rings. The van der Waals surface area contributed by atoms with Crippen LogP contribution in [0.1, 0.15) is 22.7 Å². The van der Waals surface area contributed by atoms with E-state index in [1.807, 2.05) is 31.2 Å². The third kappa shape index (κ3) is 9.87. The normalized spacial score (nSPS) is 10.1. The molecule has 5 rings (SSSR count). The zero-order valence-corrected chi connectivity index (χ0v) is 27.4. The van der Waals surface area contributed by atoms with Crippen molar-refractivity contribution in [2.45, 2.75) is 21.3 Å². The summed E-state index contributed by atoms with van der Waals surface area (Å²) in [7, 11) is 9.87. The van der Waals surface area contributed by atoms with Gasteiger partial charge in [-0.3, -0.25) is 10.1 Å². The zero-order chi connectivity index (χ0) is 26.9. The molecule has 5 radical (unpaired) electrons. The number of hydrogen-bond acceptors (Lipinski definition) is 8. The fourth-order valence-electron chi connectivity index (χ4n) is 3.32. The summed E-state index contributed by atoms with van der Waals surface area (Å²) < 4.78 is 0. The molecule has 4 aromatic rings. The molecule has 8 nitrogen and oxygen atoms in total. The maximum atomic E-state index is 10.9. The van der Waals surface area contributed by atoms with Crippen LogP contribution in [0.3, 0.4) is 0 Å². The maximum absolute atomic E-state index is 10.9. The second-order valence-electron chi connectivity index (χ2n) is 7.39. The Morgan fingerprint density at radius 3 is 2.35 bits per heavy atom. The number of para-hydroxylation sites is 4. The number of nitrogens with one attached hydrogen (secondary N) is 2. The number of benzene rings is 2. The first-order chi connectivity index (χ1) is 17.8. The molecule has 3 heterocycles. The van der Waals surface area contributed by atoms with Gasteiger partial charge in [0.2, 0.25) is 5.69 Å². The van der Waals surface area contributed by atoms with E-state index < -0.39 is 23.8 Å². The van der Waals surface area contributed by atoms with E-state index in [2.05, 4.69) is 33.5 Å². The van der Waals surface area contributed by atoms with Crippen molar-refractivity contribution in [3.8, 4) is 0 Å². The van der Waals surface area contributed by atoms with Crippen molar-refractivity contribution < 1.29 is 4.92 Å². The Labute approximate surface area is 267 Å². The summed E-state index contributed by atoms with van der Waals surface area (Å²) in [5.41, 5.74) is 9.76. The number of hydrogen-bond donors (Lipinski definition) is 3. The van der Waals surface area contributed by atoms with Crippen molar-refractivity contribution in [3.05, 3.63) is 97.5 Å². The zero-order valence-electron chi connectivity index (χ0n) is 20.6. The molecule has 0 amide bonds. The van der Waals surface area contributed by atoms with Crippen molar-refractivity contribution in [1.82, 2.24) is 0 Å². The molecular formula is C25H25BCl3N6O2S2Sn. The van der Waals surface area contributed by atoms with Gasteiger partial charge in [0.05, 0.1) is 33.4 Å². The van der Waals surface area contributed by atoms with E-state index in [-0.39, 0.29) is 33.9 Å². The Kier molecular flexibility index (Phi) is 17.0. The monoisotopic (exact) mass is 741 g/mol. The third-order valence-corrected chi connectivity index (χ3v) is 6.75. The summed E-state index contributed by atoms with van der Waals surface area (Å²) in [5.74, 6) is 0.580. The van der Waals surface area contributed by atoms with Crippen LogP contribution in [-0.4, -0.2) is 38.1 Å². The number of thiophene rings is 2. The minimum atomic E-state index is -0.826. The second kappa shape index (κ2) is 18.1. The number of halogens is 3. The van der Waals surface area contributed by atoms with Crippen molar-refractivity contribution in [2.24, 2.45) is 10.7 Å². The quantitative estimate of drug-likeness (QED) is 0.0841. The molecule has 40 heavy (non-hydrogen) atoms. The van der Waals surface area contributed by atoms with Gasteiger partial charge in [0.25, 0.3) is 5.69 Å². The molecule has 2 aromatic carbocycles. The average molecular weight is 742 g/mol. The van der Waals surface area contributed by atoms with Gasteiger partial charge in [-0.15, -0.1) is 35.1 Å². The van der Waals surface area contributed by atoms with Gasteiger partial charge in [-0.2, -0.15) is 0 Å². The number of fused-ring (bicyclic) bond motifs is 2. The number of nitrogens with two attached hydrogens (primary N) is 1. The fourth-order valence-corrected chi connectivity index (χ4v) is 5.12. The van der Waals surface area contributed by atoms with E-state index in [1.165, 1.54) is 22.3 Å². The van der Waals surface area contributed by atoms with Crippen LogP contribution in [0.2, 0.25) is 0 Å². The summed E-state index contributed by atoms with van der Waals surface area (Å²) >= 11 is 2.28. The molecule has 0 unspecified atom stereocenters. The van der Waals surface area contributed by atoms with Crippen LogP contribution in [0.4, 0.5) is 38.4 Å². The van der Waals surface area contributed by atoms with E-state index in [0.29, 0.717) is 22.2 Å². The number of nitrogens with zero attached hydrogens (tertiary/aromatic N) is 3. The van der Waals surface area contributed by atoms with Gasteiger partial charge in [0.15, 0.2) is 0 Å². The van der Waals surface area contributed by atoms with Crippen LogP contribution in [0.15, 0.2) is 65.7 Å². The molecule has 2 aromatic heterocycles.